The number of benzene rings is 2. The monoisotopic (exact) mass is 284 g/mol. The Morgan fingerprint density at radius 3 is 2.43 bits per heavy atom. The Kier molecular flexibility index (Phi) is 4.60. The smallest absolute Gasteiger partial charge is 0.326 e. The van der Waals surface area contributed by atoms with E-state index in [4.69, 9.17) is 0 Å². The quantitative estimate of drug-likeness (QED) is 0.902. The molecule has 0 fully saturated rings. The zero-order chi connectivity index (χ0) is 15.4. The highest BCUT2D eigenvalue weighted by molar-refractivity contribution is 6.01. The van der Waals surface area contributed by atoms with Gasteiger partial charge in [0.2, 0.25) is 0 Å². The molecule has 0 aliphatic carbocycles. The molecule has 0 aliphatic heterocycles. The Bertz CT molecular complexity index is 621. The van der Waals surface area contributed by atoms with Crippen molar-refractivity contribution in [1.29, 1.82) is 0 Å². The molecule has 2 amide bonds. The lowest BCUT2D eigenvalue weighted by Gasteiger charge is -2.18. The predicted octanol–water partition coefficient (Wildman–Crippen LogP) is 3.72. The molecule has 0 saturated carbocycles. The molecule has 1 unspecified atom stereocenters. The maximum Gasteiger partial charge on any atom is 0.326 e. The average molecular weight is 284 g/mol. The van der Waals surface area contributed by atoms with Gasteiger partial charge in [-0.25, -0.2) is 4.79 Å². The number of urea groups is 1. The molecular weight excluding hydrogens is 264 g/mol. The highest BCUT2D eigenvalue weighted by Crippen LogP contribution is 2.18. The van der Waals surface area contributed by atoms with Crippen molar-refractivity contribution in [2.45, 2.75) is 20.0 Å². The Morgan fingerprint density at radius 1 is 1.19 bits per heavy atom. The number of nitrogens with one attached hydrogen (secondary N) is 1. The largest absolute Gasteiger partial charge is 0.389 e. The van der Waals surface area contributed by atoms with Crippen LogP contribution >= 0.6 is 0 Å². The van der Waals surface area contributed by atoms with E-state index in [-0.39, 0.29) is 6.03 Å². The molecule has 0 bridgehead atoms. The number of aryl methyl sites for hydroxylation is 1. The van der Waals surface area contributed by atoms with Crippen LogP contribution in [0.15, 0.2) is 48.5 Å². The van der Waals surface area contributed by atoms with E-state index in [0.29, 0.717) is 5.69 Å². The molecule has 0 radical (unpaired) electrons. The zero-order valence-electron chi connectivity index (χ0n) is 12.5. The minimum atomic E-state index is -0.510. The highest BCUT2D eigenvalue weighted by atomic mass is 16.3. The summed E-state index contributed by atoms with van der Waals surface area (Å²) in [6, 6.07) is 14.7. The van der Waals surface area contributed by atoms with Crippen LogP contribution in [0.5, 0.6) is 0 Å². The maximum atomic E-state index is 12.2. The summed E-state index contributed by atoms with van der Waals surface area (Å²) in [7, 11) is 1.73. The molecule has 1 atom stereocenters. The van der Waals surface area contributed by atoms with Gasteiger partial charge in [0.05, 0.1) is 6.10 Å². The van der Waals surface area contributed by atoms with Gasteiger partial charge in [-0.1, -0.05) is 24.3 Å². The Morgan fingerprint density at radius 2 is 1.86 bits per heavy atom. The Balaban J connectivity index is 2.07. The van der Waals surface area contributed by atoms with Crippen molar-refractivity contribution in [1.82, 2.24) is 0 Å². The van der Waals surface area contributed by atoms with Gasteiger partial charge < -0.3 is 10.4 Å². The fraction of sp³-hybridized carbons (Fsp3) is 0.235. The third-order valence-corrected chi connectivity index (χ3v) is 3.34. The molecule has 21 heavy (non-hydrogen) atoms. The second-order valence-corrected chi connectivity index (χ2v) is 5.13. The van der Waals surface area contributed by atoms with Crippen LogP contribution in [0, 0.1) is 6.92 Å². The lowest BCUT2D eigenvalue weighted by atomic mass is 10.1. The van der Waals surface area contributed by atoms with Crippen molar-refractivity contribution < 1.29 is 9.90 Å². The first-order valence-electron chi connectivity index (χ1n) is 6.87. The third kappa shape index (κ3) is 3.83. The van der Waals surface area contributed by atoms with E-state index < -0.39 is 6.10 Å². The van der Waals surface area contributed by atoms with Crippen LogP contribution in [-0.4, -0.2) is 18.2 Å². The molecule has 0 aromatic heterocycles. The summed E-state index contributed by atoms with van der Waals surface area (Å²) < 4.78 is 0. The predicted molar refractivity (Wildman–Crippen MR) is 85.7 cm³/mol. The number of rotatable bonds is 3. The van der Waals surface area contributed by atoms with Crippen LogP contribution in [0.1, 0.15) is 24.2 Å². The summed E-state index contributed by atoms with van der Waals surface area (Å²) in [6.45, 7) is 3.70. The standard InChI is InChI=1S/C17H20N2O2/c1-12-5-4-6-16(11-12)19(3)17(21)18-15-9-7-14(8-10-15)13(2)20/h4-11,13,20H,1-3H3,(H,18,21). The lowest BCUT2D eigenvalue weighted by Crippen LogP contribution is -2.31. The summed E-state index contributed by atoms with van der Waals surface area (Å²) in [5, 5.41) is 12.3. The van der Waals surface area contributed by atoms with E-state index in [1.54, 1.807) is 43.1 Å². The van der Waals surface area contributed by atoms with Gasteiger partial charge in [-0.3, -0.25) is 4.90 Å². The summed E-state index contributed by atoms with van der Waals surface area (Å²) >= 11 is 0. The van der Waals surface area contributed by atoms with Crippen LogP contribution in [-0.2, 0) is 0 Å². The second kappa shape index (κ2) is 6.41. The van der Waals surface area contributed by atoms with Gasteiger partial charge in [-0.15, -0.1) is 0 Å². The molecule has 0 heterocycles. The van der Waals surface area contributed by atoms with Crippen LogP contribution in [0.4, 0.5) is 16.2 Å². The molecule has 0 spiro atoms. The second-order valence-electron chi connectivity index (χ2n) is 5.13. The fourth-order valence-electron chi connectivity index (χ4n) is 2.01. The molecular formula is C17H20N2O2. The third-order valence-electron chi connectivity index (χ3n) is 3.34. The van der Waals surface area contributed by atoms with Gasteiger partial charge in [0.15, 0.2) is 0 Å². The summed E-state index contributed by atoms with van der Waals surface area (Å²) in [5.74, 6) is 0. The topological polar surface area (TPSA) is 52.6 Å². The van der Waals surface area contributed by atoms with E-state index in [1.165, 1.54) is 0 Å². The van der Waals surface area contributed by atoms with E-state index in [0.717, 1.165) is 16.8 Å². The van der Waals surface area contributed by atoms with E-state index in [9.17, 15) is 9.90 Å². The molecule has 2 aromatic rings. The van der Waals surface area contributed by atoms with E-state index >= 15 is 0 Å². The number of aliphatic hydroxyl groups excluding tert-OH is 1. The van der Waals surface area contributed by atoms with Crippen molar-refractivity contribution in [3.05, 3.63) is 59.7 Å². The zero-order valence-corrected chi connectivity index (χ0v) is 12.5. The number of nitrogens with zero attached hydrogens (tertiary/aromatic N) is 1. The molecule has 4 heteroatoms. The van der Waals surface area contributed by atoms with Crippen LogP contribution < -0.4 is 10.2 Å². The number of hydrogen-bond donors (Lipinski definition) is 2. The molecule has 2 N–H and O–H groups in total. The van der Waals surface area contributed by atoms with Crippen LogP contribution in [0.3, 0.4) is 0 Å². The fourth-order valence-corrected chi connectivity index (χ4v) is 2.01. The molecule has 4 nitrogen and oxygen atoms in total. The normalized spacial score (nSPS) is 11.8. The number of aliphatic hydroxyl groups is 1. The van der Waals surface area contributed by atoms with Crippen molar-refractivity contribution in [3.8, 4) is 0 Å². The first-order chi connectivity index (χ1) is 9.97. The molecule has 0 aliphatic rings. The van der Waals surface area contributed by atoms with E-state index in [1.807, 2.05) is 31.2 Å². The van der Waals surface area contributed by atoms with Gasteiger partial charge >= 0.3 is 6.03 Å². The van der Waals surface area contributed by atoms with Gasteiger partial charge in [0.1, 0.15) is 0 Å². The minimum Gasteiger partial charge on any atom is -0.389 e. The summed E-state index contributed by atoms with van der Waals surface area (Å²) in [6.07, 6.45) is -0.510. The SMILES string of the molecule is Cc1cccc(N(C)C(=O)Nc2ccc(C(C)O)cc2)c1. The van der Waals surface area contributed by atoms with E-state index in [2.05, 4.69) is 5.32 Å². The first kappa shape index (κ1) is 15.1. The van der Waals surface area contributed by atoms with Crippen molar-refractivity contribution in [2.75, 3.05) is 17.3 Å². The van der Waals surface area contributed by atoms with Crippen molar-refractivity contribution >= 4 is 17.4 Å². The molecule has 110 valence electrons. The number of amides is 2. The highest BCUT2D eigenvalue weighted by Gasteiger charge is 2.11. The van der Waals surface area contributed by atoms with Crippen molar-refractivity contribution in [2.24, 2.45) is 0 Å². The molecule has 0 saturated heterocycles. The van der Waals surface area contributed by atoms with Gasteiger partial charge in [-0.2, -0.15) is 0 Å². The van der Waals surface area contributed by atoms with Gasteiger partial charge in [0, 0.05) is 18.4 Å². The van der Waals surface area contributed by atoms with Gasteiger partial charge in [-0.05, 0) is 49.2 Å². The number of carbonyl (C=O) groups is 1. The molecule has 2 aromatic carbocycles. The Labute approximate surface area is 125 Å². The minimum absolute atomic E-state index is 0.203. The van der Waals surface area contributed by atoms with Crippen molar-refractivity contribution in [3.63, 3.8) is 0 Å². The average Bonchev–Trinajstić information content (AvgIpc) is 2.47. The number of hydrogen-bond acceptors (Lipinski definition) is 2. The van der Waals surface area contributed by atoms with Crippen LogP contribution in [0.25, 0.3) is 0 Å². The van der Waals surface area contributed by atoms with Gasteiger partial charge in [0.25, 0.3) is 0 Å². The number of anilines is 2. The lowest BCUT2D eigenvalue weighted by molar-refractivity contribution is 0.199. The summed E-state index contributed by atoms with van der Waals surface area (Å²) in [5.41, 5.74) is 3.46. The summed E-state index contributed by atoms with van der Waals surface area (Å²) in [4.78, 5) is 13.8. The Hall–Kier alpha value is -2.33. The number of carbonyl (C=O) groups excluding carboxylic acids is 1. The first-order valence-corrected chi connectivity index (χ1v) is 6.87. The molecule has 2 rings (SSSR count). The van der Waals surface area contributed by atoms with Crippen LogP contribution in [0.2, 0.25) is 0 Å². The maximum absolute atomic E-state index is 12.2.